The van der Waals surface area contributed by atoms with Gasteiger partial charge in [-0.25, -0.2) is 18.4 Å². The van der Waals surface area contributed by atoms with E-state index in [9.17, 15) is 8.42 Å². The lowest BCUT2D eigenvalue weighted by Gasteiger charge is -2.05. The highest BCUT2D eigenvalue weighted by atomic mass is 32.2. The normalized spacial score (nSPS) is 15.3. The molecule has 0 aromatic carbocycles. The third kappa shape index (κ3) is 2.26. The van der Waals surface area contributed by atoms with Gasteiger partial charge in [-0.2, -0.15) is 0 Å². The molecule has 1 aliphatic carbocycles. The Kier molecular flexibility index (Phi) is 2.38. The molecule has 1 heterocycles. The van der Waals surface area contributed by atoms with Gasteiger partial charge < -0.3 is 5.73 Å². The zero-order valence-electron chi connectivity index (χ0n) is 8.52. The van der Waals surface area contributed by atoms with Crippen LogP contribution in [0.1, 0.15) is 23.5 Å². The fraction of sp³-hybridized carbons (Fsp3) is 0.556. The predicted octanol–water partition coefficient (Wildman–Crippen LogP) is 0.0921. The number of nitrogen functional groups attached to an aromatic ring is 1. The summed E-state index contributed by atoms with van der Waals surface area (Å²) in [7, 11) is -3.09. The molecule has 1 aromatic rings. The van der Waals surface area contributed by atoms with Crippen LogP contribution in [0.15, 0.2) is 0 Å². The highest BCUT2D eigenvalue weighted by molar-refractivity contribution is 7.89. The van der Waals surface area contributed by atoms with Crippen molar-refractivity contribution in [1.82, 2.24) is 9.97 Å². The van der Waals surface area contributed by atoms with Gasteiger partial charge in [0.25, 0.3) is 0 Å². The zero-order valence-corrected chi connectivity index (χ0v) is 9.34. The molecule has 0 saturated carbocycles. The number of hydrogen-bond donors (Lipinski definition) is 1. The molecule has 0 aliphatic heterocycles. The molecule has 15 heavy (non-hydrogen) atoms. The van der Waals surface area contributed by atoms with Gasteiger partial charge in [-0.1, -0.05) is 0 Å². The van der Waals surface area contributed by atoms with Gasteiger partial charge in [0.2, 0.25) is 0 Å². The van der Waals surface area contributed by atoms with Crippen molar-refractivity contribution in [2.45, 2.75) is 25.0 Å². The quantitative estimate of drug-likeness (QED) is 0.774. The van der Waals surface area contributed by atoms with Crippen molar-refractivity contribution in [3.63, 3.8) is 0 Å². The fourth-order valence-corrected chi connectivity index (χ4v) is 2.41. The maximum atomic E-state index is 11.1. The minimum atomic E-state index is -3.09. The van der Waals surface area contributed by atoms with Gasteiger partial charge in [-0.05, 0) is 19.3 Å². The van der Waals surface area contributed by atoms with Crippen molar-refractivity contribution >= 4 is 15.7 Å². The van der Waals surface area contributed by atoms with E-state index in [0.29, 0.717) is 11.6 Å². The molecule has 0 amide bonds. The molecule has 82 valence electrons. The lowest BCUT2D eigenvalue weighted by Crippen LogP contribution is -2.10. The predicted molar refractivity (Wildman–Crippen MR) is 57.0 cm³/mol. The third-order valence-corrected chi connectivity index (χ3v) is 3.19. The second-order valence-electron chi connectivity index (χ2n) is 3.87. The average Bonchev–Trinajstić information content (AvgIpc) is 2.48. The van der Waals surface area contributed by atoms with Gasteiger partial charge in [0.05, 0.1) is 0 Å². The Hall–Kier alpha value is -1.17. The number of anilines is 1. The van der Waals surface area contributed by atoms with E-state index in [1.54, 1.807) is 0 Å². The smallest absolute Gasteiger partial charge is 0.154 e. The summed E-state index contributed by atoms with van der Waals surface area (Å²) in [6.45, 7) is 0. The van der Waals surface area contributed by atoms with E-state index in [0.717, 1.165) is 30.5 Å². The number of sulfone groups is 1. The first-order valence-electron chi connectivity index (χ1n) is 4.77. The summed E-state index contributed by atoms with van der Waals surface area (Å²) in [6, 6.07) is 0. The Morgan fingerprint density at radius 3 is 2.73 bits per heavy atom. The Morgan fingerprint density at radius 1 is 1.33 bits per heavy atom. The van der Waals surface area contributed by atoms with Gasteiger partial charge in [0.1, 0.15) is 17.4 Å². The Morgan fingerprint density at radius 2 is 2.07 bits per heavy atom. The van der Waals surface area contributed by atoms with Crippen LogP contribution in [-0.2, 0) is 28.4 Å². The van der Waals surface area contributed by atoms with Crippen LogP contribution in [0.5, 0.6) is 0 Å². The highest BCUT2D eigenvalue weighted by Crippen LogP contribution is 2.24. The zero-order chi connectivity index (χ0) is 11.1. The van der Waals surface area contributed by atoms with Crippen LogP contribution in [0.25, 0.3) is 0 Å². The molecule has 1 aliphatic rings. The topological polar surface area (TPSA) is 85.9 Å². The van der Waals surface area contributed by atoms with Crippen LogP contribution in [0, 0.1) is 0 Å². The van der Waals surface area contributed by atoms with Crippen molar-refractivity contribution in [2.24, 2.45) is 0 Å². The van der Waals surface area contributed by atoms with Gasteiger partial charge in [0, 0.05) is 17.5 Å². The van der Waals surface area contributed by atoms with E-state index in [2.05, 4.69) is 9.97 Å². The molecular formula is C9H13N3O2S. The lowest BCUT2D eigenvalue weighted by atomic mass is 10.2. The first-order valence-corrected chi connectivity index (χ1v) is 6.83. The first kappa shape index (κ1) is 10.4. The van der Waals surface area contributed by atoms with Crippen molar-refractivity contribution in [1.29, 1.82) is 0 Å². The number of nitrogens with two attached hydrogens (primary N) is 1. The summed E-state index contributed by atoms with van der Waals surface area (Å²) < 4.78 is 22.2. The summed E-state index contributed by atoms with van der Waals surface area (Å²) in [4.78, 5) is 8.25. The van der Waals surface area contributed by atoms with Crippen LogP contribution in [0.2, 0.25) is 0 Å². The number of nitrogens with zero attached hydrogens (tertiary/aromatic N) is 2. The molecule has 1 aromatic heterocycles. The van der Waals surface area contributed by atoms with Crippen LogP contribution < -0.4 is 5.73 Å². The number of fused-ring (bicyclic) bond motifs is 1. The molecule has 2 N–H and O–H groups in total. The minimum absolute atomic E-state index is 0.134. The van der Waals surface area contributed by atoms with E-state index in [1.165, 1.54) is 6.26 Å². The van der Waals surface area contributed by atoms with Crippen molar-refractivity contribution in [2.75, 3.05) is 12.0 Å². The van der Waals surface area contributed by atoms with Crippen molar-refractivity contribution in [3.05, 3.63) is 17.1 Å². The molecule has 0 fully saturated rings. The molecule has 0 spiro atoms. The summed E-state index contributed by atoms with van der Waals surface area (Å²) in [5, 5.41) is 0. The molecule has 0 saturated heterocycles. The molecule has 0 radical (unpaired) electrons. The summed E-state index contributed by atoms with van der Waals surface area (Å²) in [5.41, 5.74) is 7.66. The maximum Gasteiger partial charge on any atom is 0.154 e. The van der Waals surface area contributed by atoms with E-state index >= 15 is 0 Å². The second kappa shape index (κ2) is 3.44. The maximum absolute atomic E-state index is 11.1. The molecule has 6 heteroatoms. The summed E-state index contributed by atoms with van der Waals surface area (Å²) >= 11 is 0. The van der Waals surface area contributed by atoms with E-state index in [-0.39, 0.29) is 5.75 Å². The minimum Gasteiger partial charge on any atom is -0.383 e. The molecule has 2 rings (SSSR count). The monoisotopic (exact) mass is 227 g/mol. The SMILES string of the molecule is CS(=O)(=O)Cc1nc(N)c2c(n1)CCC2. The Labute approximate surface area is 88.7 Å². The lowest BCUT2D eigenvalue weighted by molar-refractivity contribution is 0.599. The summed E-state index contributed by atoms with van der Waals surface area (Å²) in [6.07, 6.45) is 3.97. The van der Waals surface area contributed by atoms with Crippen LogP contribution >= 0.6 is 0 Å². The van der Waals surface area contributed by atoms with Gasteiger partial charge in [-0.3, -0.25) is 0 Å². The third-order valence-electron chi connectivity index (χ3n) is 2.40. The van der Waals surface area contributed by atoms with Crippen LogP contribution in [0.4, 0.5) is 5.82 Å². The number of hydrogen-bond acceptors (Lipinski definition) is 5. The van der Waals surface area contributed by atoms with Gasteiger partial charge in [0.15, 0.2) is 9.84 Å². The standard InChI is InChI=1S/C9H13N3O2S/c1-15(13,14)5-8-11-7-4-2-3-6(7)9(10)12-8/h2-5H2,1H3,(H2,10,11,12). The molecule has 0 atom stereocenters. The van der Waals surface area contributed by atoms with Crippen LogP contribution in [0.3, 0.4) is 0 Å². The molecular weight excluding hydrogens is 214 g/mol. The second-order valence-corrected chi connectivity index (χ2v) is 6.01. The van der Waals surface area contributed by atoms with E-state index in [4.69, 9.17) is 5.73 Å². The van der Waals surface area contributed by atoms with Crippen molar-refractivity contribution in [3.8, 4) is 0 Å². The first-order chi connectivity index (χ1) is 6.96. The Balaban J connectivity index is 2.40. The number of aryl methyl sites for hydroxylation is 1. The van der Waals surface area contributed by atoms with E-state index in [1.807, 2.05) is 0 Å². The van der Waals surface area contributed by atoms with Gasteiger partial charge >= 0.3 is 0 Å². The number of rotatable bonds is 2. The fourth-order valence-electron chi connectivity index (χ4n) is 1.81. The van der Waals surface area contributed by atoms with Gasteiger partial charge in [-0.15, -0.1) is 0 Å². The Bertz CT molecular complexity index is 496. The largest absolute Gasteiger partial charge is 0.383 e. The highest BCUT2D eigenvalue weighted by Gasteiger charge is 2.18. The van der Waals surface area contributed by atoms with Crippen LogP contribution in [-0.4, -0.2) is 24.6 Å². The summed E-state index contributed by atoms with van der Waals surface area (Å²) in [5.74, 6) is 0.622. The average molecular weight is 227 g/mol. The number of aromatic nitrogens is 2. The molecule has 5 nitrogen and oxygen atoms in total. The molecule has 0 unspecified atom stereocenters. The van der Waals surface area contributed by atoms with Crippen molar-refractivity contribution < 1.29 is 8.42 Å². The van der Waals surface area contributed by atoms with E-state index < -0.39 is 9.84 Å². The molecule has 0 bridgehead atoms.